The maximum Gasteiger partial charge on any atom is 0.264 e. The molecule has 3 heterocycles. The fourth-order valence-corrected chi connectivity index (χ4v) is 8.05. The Labute approximate surface area is 285 Å². The van der Waals surface area contributed by atoms with Crippen LogP contribution in [0.15, 0.2) is 48.3 Å². The summed E-state index contributed by atoms with van der Waals surface area (Å²) >= 11 is 0. The van der Waals surface area contributed by atoms with Crippen molar-refractivity contribution in [3.63, 3.8) is 0 Å². The van der Waals surface area contributed by atoms with Crippen molar-refractivity contribution in [1.82, 2.24) is 24.9 Å². The molecular formula is C36H46F2N8O3. The van der Waals surface area contributed by atoms with Crippen molar-refractivity contribution in [3.8, 4) is 11.1 Å². The van der Waals surface area contributed by atoms with Gasteiger partial charge in [0.25, 0.3) is 6.43 Å². The molecule has 0 saturated heterocycles. The smallest absolute Gasteiger partial charge is 0.264 e. The average molecular weight is 677 g/mol. The van der Waals surface area contributed by atoms with Crippen molar-refractivity contribution in [2.45, 2.75) is 89.7 Å². The van der Waals surface area contributed by atoms with E-state index in [0.717, 1.165) is 92.5 Å². The Bertz CT molecular complexity index is 1730. The number of carbonyl (C=O) groups is 2. The zero-order valence-corrected chi connectivity index (χ0v) is 28.2. The van der Waals surface area contributed by atoms with Gasteiger partial charge < -0.3 is 26.4 Å². The van der Waals surface area contributed by atoms with Crippen molar-refractivity contribution in [2.75, 3.05) is 18.0 Å². The second kappa shape index (κ2) is 14.4. The molecule has 1 spiro atoms. The number of hydrogen-bond donors (Lipinski definition) is 3. The number of alkyl halides is 2. The van der Waals surface area contributed by atoms with Crippen molar-refractivity contribution < 1.29 is 23.1 Å². The van der Waals surface area contributed by atoms with Gasteiger partial charge >= 0.3 is 0 Å². The number of nitrogens with zero attached hydrogens (tertiary/aromatic N) is 5. The number of anilines is 2. The highest BCUT2D eigenvalue weighted by Crippen LogP contribution is 2.55. The van der Waals surface area contributed by atoms with Crippen LogP contribution < -0.4 is 21.7 Å². The topological polar surface area (TPSA) is 146 Å². The van der Waals surface area contributed by atoms with Gasteiger partial charge in [0, 0.05) is 60.8 Å². The molecule has 13 heteroatoms. The number of fused-ring (bicyclic) bond motifs is 1. The summed E-state index contributed by atoms with van der Waals surface area (Å²) < 4.78 is 38.8. The van der Waals surface area contributed by atoms with E-state index in [1.54, 1.807) is 30.2 Å². The van der Waals surface area contributed by atoms with E-state index in [4.69, 9.17) is 21.3 Å². The van der Waals surface area contributed by atoms with E-state index in [2.05, 4.69) is 26.9 Å². The Balaban J connectivity index is 1.25. The summed E-state index contributed by atoms with van der Waals surface area (Å²) in [4.78, 5) is 24.0. The van der Waals surface area contributed by atoms with Crippen LogP contribution in [0.25, 0.3) is 11.1 Å². The fraction of sp³-hybridized carbons (Fsp3) is 0.500. The second-order valence-corrected chi connectivity index (χ2v) is 13.6. The number of benzene rings is 1. The number of aldehydes is 1. The molecule has 2 aliphatic carbocycles. The maximum atomic E-state index is 14.6. The molecule has 1 aliphatic heterocycles. The van der Waals surface area contributed by atoms with E-state index >= 15 is 0 Å². The number of nitrogens with two attached hydrogens (primary N) is 2. The van der Waals surface area contributed by atoms with Gasteiger partial charge in [-0.1, -0.05) is 6.92 Å². The number of ether oxygens (including phenoxy) is 1. The van der Waals surface area contributed by atoms with E-state index in [0.29, 0.717) is 36.9 Å². The van der Waals surface area contributed by atoms with E-state index in [-0.39, 0.29) is 34.7 Å². The molecule has 49 heavy (non-hydrogen) atoms. The monoisotopic (exact) mass is 676 g/mol. The van der Waals surface area contributed by atoms with Crippen LogP contribution >= 0.6 is 0 Å². The van der Waals surface area contributed by atoms with Gasteiger partial charge in [-0.15, -0.1) is 0 Å². The molecule has 0 bridgehead atoms. The number of nitrogens with one attached hydrogen (secondary N) is 1. The molecule has 11 nitrogen and oxygen atoms in total. The number of aromatic nitrogens is 4. The standard InChI is InChI=1S/C36H46F2N8O3/c1-3-28-31(10-13-41-22-48)46(26-8-11-36(12-9-26)17-27(18-36)49-33(40)7-6-25(39)21-47)43-35(28)45-14-4-5-23-15-29(24-19-42-44(2)20-24)30(34(37)38)16-32(23)45/h6-7,15-16,19-22,26-27,34H,3-5,8-14,17-18,39-40H2,1-2H3,(H,41,48)/b25-6-,33-7+. The quantitative estimate of drug-likeness (QED) is 0.0729. The van der Waals surface area contributed by atoms with Gasteiger partial charge in [-0.2, -0.15) is 10.2 Å². The van der Waals surface area contributed by atoms with Gasteiger partial charge in [-0.3, -0.25) is 19.0 Å². The Hall–Kier alpha value is -4.68. The van der Waals surface area contributed by atoms with Crippen LogP contribution in [-0.2, 0) is 40.6 Å². The molecule has 2 aromatic heterocycles. The van der Waals surface area contributed by atoms with E-state index in [1.165, 1.54) is 12.2 Å². The summed E-state index contributed by atoms with van der Waals surface area (Å²) in [6, 6.07) is 3.75. The van der Waals surface area contributed by atoms with Crippen molar-refractivity contribution in [1.29, 1.82) is 0 Å². The van der Waals surface area contributed by atoms with Gasteiger partial charge in [0.05, 0.1) is 17.9 Å². The molecule has 0 unspecified atom stereocenters. The Kier molecular flexibility index (Phi) is 10.1. The Morgan fingerprint density at radius 2 is 1.96 bits per heavy atom. The molecule has 1 amide bonds. The number of allylic oxidation sites excluding steroid dienone is 3. The molecule has 1 aromatic carbocycles. The molecule has 3 aliphatic rings. The van der Waals surface area contributed by atoms with Crippen LogP contribution in [0.2, 0.25) is 0 Å². The Morgan fingerprint density at radius 1 is 1.18 bits per heavy atom. The predicted molar refractivity (Wildman–Crippen MR) is 183 cm³/mol. The third kappa shape index (κ3) is 7.06. The lowest BCUT2D eigenvalue weighted by atomic mass is 9.58. The summed E-state index contributed by atoms with van der Waals surface area (Å²) in [5.74, 6) is 1.07. The second-order valence-electron chi connectivity index (χ2n) is 13.6. The molecule has 2 fully saturated rings. The minimum atomic E-state index is -2.64. The first kappa shape index (κ1) is 34.2. The summed E-state index contributed by atoms with van der Waals surface area (Å²) in [7, 11) is 1.78. The van der Waals surface area contributed by atoms with Crippen LogP contribution in [0.4, 0.5) is 20.3 Å². The van der Waals surface area contributed by atoms with E-state index in [9.17, 15) is 18.4 Å². The van der Waals surface area contributed by atoms with Crippen molar-refractivity contribution in [3.05, 3.63) is 70.6 Å². The summed E-state index contributed by atoms with van der Waals surface area (Å²) in [6.07, 6.45) is 13.9. The van der Waals surface area contributed by atoms with Crippen LogP contribution in [0.3, 0.4) is 0 Å². The van der Waals surface area contributed by atoms with Crippen LogP contribution in [-0.4, -0.2) is 51.5 Å². The molecular weight excluding hydrogens is 630 g/mol. The average Bonchev–Trinajstić information content (AvgIpc) is 3.69. The van der Waals surface area contributed by atoms with Crippen LogP contribution in [0.5, 0.6) is 0 Å². The first-order valence-corrected chi connectivity index (χ1v) is 17.2. The minimum Gasteiger partial charge on any atom is -0.476 e. The summed E-state index contributed by atoms with van der Waals surface area (Å²) in [5.41, 5.74) is 17.0. The maximum absolute atomic E-state index is 14.6. The van der Waals surface area contributed by atoms with Gasteiger partial charge in [-0.25, -0.2) is 8.78 Å². The summed E-state index contributed by atoms with van der Waals surface area (Å²) in [5, 5.41) is 12.3. The van der Waals surface area contributed by atoms with Gasteiger partial charge in [0.15, 0.2) is 18.0 Å². The molecule has 0 atom stereocenters. The molecule has 5 N–H and O–H groups in total. The number of amides is 1. The third-order valence-electron chi connectivity index (χ3n) is 10.5. The zero-order chi connectivity index (χ0) is 34.7. The first-order chi connectivity index (χ1) is 23.6. The number of carbonyl (C=O) groups excluding carboxylic acids is 2. The molecule has 2 saturated carbocycles. The lowest BCUT2D eigenvalue weighted by molar-refractivity contribution is -0.109. The number of halogens is 2. The molecule has 6 rings (SSSR count). The van der Waals surface area contributed by atoms with Gasteiger partial charge in [0.2, 0.25) is 6.41 Å². The number of hydrogen-bond acceptors (Lipinski definition) is 8. The minimum absolute atomic E-state index is 0.00861. The van der Waals surface area contributed by atoms with Crippen molar-refractivity contribution >= 4 is 24.2 Å². The van der Waals surface area contributed by atoms with Gasteiger partial charge in [0.1, 0.15) is 6.10 Å². The fourth-order valence-electron chi connectivity index (χ4n) is 8.05. The SMILES string of the molecule is CCc1c(N2CCCc3cc(-c4cnn(C)c4)c(C(F)F)cc32)nn(C2CCC3(CC2)CC(O/C(N)=C/C=C(\N)C=O)C3)c1CCNC=O. The van der Waals surface area contributed by atoms with E-state index < -0.39 is 6.43 Å². The zero-order valence-electron chi connectivity index (χ0n) is 28.2. The number of aryl methyl sites for hydroxylation is 2. The molecule has 262 valence electrons. The third-order valence-corrected chi connectivity index (χ3v) is 10.5. The molecule has 0 radical (unpaired) electrons. The van der Waals surface area contributed by atoms with Crippen LogP contribution in [0.1, 0.15) is 86.7 Å². The predicted octanol–water partition coefficient (Wildman–Crippen LogP) is 5.28. The van der Waals surface area contributed by atoms with Crippen LogP contribution in [0, 0.1) is 5.41 Å². The highest BCUT2D eigenvalue weighted by atomic mass is 19.3. The lowest BCUT2D eigenvalue weighted by Gasteiger charge is -2.51. The highest BCUT2D eigenvalue weighted by molar-refractivity contribution is 5.77. The van der Waals surface area contributed by atoms with Gasteiger partial charge in [-0.05, 0) is 98.6 Å². The normalized spacial score (nSPS) is 22.6. The largest absolute Gasteiger partial charge is 0.476 e. The highest BCUT2D eigenvalue weighted by Gasteiger charge is 2.48. The van der Waals surface area contributed by atoms with Crippen molar-refractivity contribution in [2.24, 2.45) is 23.9 Å². The summed E-state index contributed by atoms with van der Waals surface area (Å²) in [6.45, 7) is 3.28. The first-order valence-electron chi connectivity index (χ1n) is 17.2. The lowest BCUT2D eigenvalue weighted by Crippen LogP contribution is -2.45. The Morgan fingerprint density at radius 3 is 2.61 bits per heavy atom. The number of rotatable bonds is 13. The molecule has 3 aromatic rings. The van der Waals surface area contributed by atoms with E-state index in [1.807, 2.05) is 6.07 Å².